The molecule has 0 unspecified atom stereocenters. The van der Waals surface area contributed by atoms with Crippen molar-refractivity contribution in [2.24, 2.45) is 23.7 Å². The molecule has 1 N–H and O–H groups in total. The van der Waals surface area contributed by atoms with Crippen LogP contribution in [0.4, 0.5) is 0 Å². The van der Waals surface area contributed by atoms with Gasteiger partial charge in [-0.2, -0.15) is 0 Å². The lowest BCUT2D eigenvalue weighted by Gasteiger charge is -2.33. The molecule has 2 bridgehead atoms. The number of hydrogen-bond donors (Lipinski definition) is 1. The second-order valence-electron chi connectivity index (χ2n) is 9.39. The lowest BCUT2D eigenvalue weighted by molar-refractivity contribution is 0.00547. The predicted molar refractivity (Wildman–Crippen MR) is 110 cm³/mol. The van der Waals surface area contributed by atoms with Gasteiger partial charge in [-0.3, -0.25) is 0 Å². The van der Waals surface area contributed by atoms with Crippen LogP contribution in [0.2, 0.25) is 0 Å². The van der Waals surface area contributed by atoms with Crippen LogP contribution in [-0.2, 0) is 11.2 Å². The van der Waals surface area contributed by atoms with Gasteiger partial charge < -0.3 is 14.7 Å². The molecule has 0 amide bonds. The summed E-state index contributed by atoms with van der Waals surface area (Å²) in [6.07, 6.45) is 10.4. The van der Waals surface area contributed by atoms with Crippen LogP contribution in [0.3, 0.4) is 0 Å². The number of aliphatic hydroxyl groups excluding tert-OH is 1. The number of piperidine rings is 1. The molecule has 1 saturated heterocycles. The van der Waals surface area contributed by atoms with Crippen molar-refractivity contribution in [3.8, 4) is 0 Å². The molecule has 3 heteroatoms. The van der Waals surface area contributed by atoms with Crippen LogP contribution in [0.25, 0.3) is 0 Å². The van der Waals surface area contributed by atoms with Crippen LogP contribution < -0.4 is 0 Å². The summed E-state index contributed by atoms with van der Waals surface area (Å²) in [6.45, 7) is 4.33. The summed E-state index contributed by atoms with van der Waals surface area (Å²) in [4.78, 5) is 2.42. The van der Waals surface area contributed by atoms with E-state index in [0.717, 1.165) is 49.9 Å². The van der Waals surface area contributed by atoms with E-state index in [1.807, 2.05) is 0 Å². The van der Waals surface area contributed by atoms with Crippen molar-refractivity contribution in [1.82, 2.24) is 4.90 Å². The van der Waals surface area contributed by atoms with Crippen molar-refractivity contribution in [3.63, 3.8) is 0 Å². The number of nitrogens with zero attached hydrogens (tertiary/aromatic N) is 1. The average molecular weight is 372 g/mol. The number of hydrogen-bond acceptors (Lipinski definition) is 3. The molecule has 1 aromatic rings. The van der Waals surface area contributed by atoms with Gasteiger partial charge in [-0.05, 0) is 87.3 Å². The van der Waals surface area contributed by atoms with Gasteiger partial charge in [0.15, 0.2) is 0 Å². The van der Waals surface area contributed by atoms with Gasteiger partial charge in [-0.15, -0.1) is 0 Å². The fraction of sp³-hybridized carbons (Fsp3) is 0.750. The summed E-state index contributed by atoms with van der Waals surface area (Å²) in [5, 5.41) is 10.3. The number of aliphatic hydroxyl groups is 1. The summed E-state index contributed by atoms with van der Waals surface area (Å²) >= 11 is 0. The first kappa shape index (κ1) is 19.4. The largest absolute Gasteiger partial charge is 0.389 e. The van der Waals surface area contributed by atoms with E-state index in [4.69, 9.17) is 4.74 Å². The highest BCUT2D eigenvalue weighted by atomic mass is 16.5. The summed E-state index contributed by atoms with van der Waals surface area (Å²) in [6, 6.07) is 10.8. The fourth-order valence-corrected chi connectivity index (χ4v) is 5.86. The molecule has 1 heterocycles. The van der Waals surface area contributed by atoms with E-state index in [1.165, 1.54) is 56.9 Å². The molecule has 4 rings (SSSR count). The Bertz CT molecular complexity index is 555. The Morgan fingerprint density at radius 3 is 2.56 bits per heavy atom. The summed E-state index contributed by atoms with van der Waals surface area (Å²) in [5.41, 5.74) is 1.46. The Morgan fingerprint density at radius 1 is 1.04 bits per heavy atom. The smallest absolute Gasteiger partial charge is 0.0900 e. The molecule has 3 nitrogen and oxygen atoms in total. The Hall–Kier alpha value is -0.900. The molecule has 3 aliphatic rings. The number of benzene rings is 1. The Kier molecular flexibility index (Phi) is 6.86. The minimum absolute atomic E-state index is 0.337. The van der Waals surface area contributed by atoms with Crippen LogP contribution in [0.5, 0.6) is 0 Å². The third-order valence-electron chi connectivity index (χ3n) is 7.37. The zero-order valence-electron chi connectivity index (χ0n) is 16.8. The first-order chi connectivity index (χ1) is 13.3. The molecular formula is C24H37NO2. The maximum Gasteiger partial charge on any atom is 0.0900 e. The molecule has 150 valence electrons. The van der Waals surface area contributed by atoms with Crippen molar-refractivity contribution in [2.75, 3.05) is 32.8 Å². The fourth-order valence-electron chi connectivity index (χ4n) is 5.86. The van der Waals surface area contributed by atoms with Crippen LogP contribution in [0, 0.1) is 23.7 Å². The van der Waals surface area contributed by atoms with Gasteiger partial charge in [0.25, 0.3) is 0 Å². The van der Waals surface area contributed by atoms with E-state index in [2.05, 4.69) is 35.2 Å². The van der Waals surface area contributed by atoms with Gasteiger partial charge in [-0.1, -0.05) is 36.8 Å². The molecular weight excluding hydrogens is 334 g/mol. The number of ether oxygens (including phenoxy) is 1. The van der Waals surface area contributed by atoms with Gasteiger partial charge >= 0.3 is 0 Å². The molecule has 27 heavy (non-hydrogen) atoms. The molecule has 0 radical (unpaired) electrons. The van der Waals surface area contributed by atoms with Crippen molar-refractivity contribution in [1.29, 1.82) is 0 Å². The zero-order valence-corrected chi connectivity index (χ0v) is 16.8. The van der Waals surface area contributed by atoms with Crippen LogP contribution in [0.15, 0.2) is 30.3 Å². The molecule has 1 aliphatic heterocycles. The maximum atomic E-state index is 10.3. The standard InChI is InChI=1S/C24H37NO2/c26-24(18-27-13-10-23-16-21-6-7-22(23)15-21)17-25-11-8-20(9-12-25)14-19-4-2-1-3-5-19/h1-5,20-24,26H,6-18H2/t21-,22-,23+,24-/m0/s1. The summed E-state index contributed by atoms with van der Waals surface area (Å²) in [5.74, 6) is 3.71. The number of likely N-dealkylation sites (tertiary alicyclic amines) is 1. The second kappa shape index (κ2) is 9.54. The van der Waals surface area contributed by atoms with Crippen molar-refractivity contribution < 1.29 is 9.84 Å². The molecule has 0 aromatic heterocycles. The predicted octanol–water partition coefficient (Wildman–Crippen LogP) is 4.14. The van der Waals surface area contributed by atoms with E-state index < -0.39 is 0 Å². The third-order valence-corrected chi connectivity index (χ3v) is 7.37. The quantitative estimate of drug-likeness (QED) is 0.662. The Balaban J connectivity index is 1.06. The number of fused-ring (bicyclic) bond motifs is 2. The average Bonchev–Trinajstić information content (AvgIpc) is 3.31. The highest BCUT2D eigenvalue weighted by Gasteiger charge is 2.38. The maximum absolute atomic E-state index is 10.3. The third kappa shape index (κ3) is 5.56. The normalized spacial score (nSPS) is 30.0. The van der Waals surface area contributed by atoms with Gasteiger partial charge in [0.1, 0.15) is 0 Å². The molecule has 3 fully saturated rings. The summed E-state index contributed by atoms with van der Waals surface area (Å²) in [7, 11) is 0. The van der Waals surface area contributed by atoms with Gasteiger partial charge in [0, 0.05) is 13.2 Å². The molecule has 4 atom stereocenters. The van der Waals surface area contributed by atoms with E-state index in [0.29, 0.717) is 6.61 Å². The summed E-state index contributed by atoms with van der Waals surface area (Å²) < 4.78 is 5.83. The number of β-amino-alcohol motifs (C(OH)–C–C–N with tert-alkyl or cyclic N) is 1. The van der Waals surface area contributed by atoms with E-state index in [1.54, 1.807) is 0 Å². The van der Waals surface area contributed by atoms with Crippen LogP contribution in [0.1, 0.15) is 50.5 Å². The van der Waals surface area contributed by atoms with Crippen LogP contribution >= 0.6 is 0 Å². The van der Waals surface area contributed by atoms with Crippen molar-refractivity contribution >= 4 is 0 Å². The monoisotopic (exact) mass is 371 g/mol. The zero-order chi connectivity index (χ0) is 18.5. The topological polar surface area (TPSA) is 32.7 Å². The van der Waals surface area contributed by atoms with Gasteiger partial charge in [0.05, 0.1) is 12.7 Å². The first-order valence-electron chi connectivity index (χ1n) is 11.3. The molecule has 0 spiro atoms. The Labute approximate surface area is 165 Å². The molecule has 2 aliphatic carbocycles. The van der Waals surface area contributed by atoms with E-state index in [9.17, 15) is 5.11 Å². The number of rotatable bonds is 9. The minimum atomic E-state index is -0.337. The van der Waals surface area contributed by atoms with Crippen LogP contribution in [-0.4, -0.2) is 49.0 Å². The van der Waals surface area contributed by atoms with Gasteiger partial charge in [-0.25, -0.2) is 0 Å². The highest BCUT2D eigenvalue weighted by molar-refractivity contribution is 5.15. The van der Waals surface area contributed by atoms with Crippen molar-refractivity contribution in [2.45, 2.75) is 57.5 Å². The molecule has 2 saturated carbocycles. The Morgan fingerprint density at radius 2 is 1.85 bits per heavy atom. The van der Waals surface area contributed by atoms with Gasteiger partial charge in [0.2, 0.25) is 0 Å². The minimum Gasteiger partial charge on any atom is -0.389 e. The van der Waals surface area contributed by atoms with Crippen molar-refractivity contribution in [3.05, 3.63) is 35.9 Å². The molecule has 1 aromatic carbocycles. The lowest BCUT2D eigenvalue weighted by Crippen LogP contribution is -2.40. The van der Waals surface area contributed by atoms with E-state index >= 15 is 0 Å². The highest BCUT2D eigenvalue weighted by Crippen LogP contribution is 2.49. The van der Waals surface area contributed by atoms with E-state index in [-0.39, 0.29) is 6.10 Å². The second-order valence-corrected chi connectivity index (χ2v) is 9.39. The lowest BCUT2D eigenvalue weighted by atomic mass is 9.87. The SMILES string of the molecule is O[C@H](COCC[C@@H]1C[C@H]2CC[C@H]1C2)CN1CCC(Cc2ccccc2)CC1. The first-order valence-corrected chi connectivity index (χ1v) is 11.3.